The maximum Gasteiger partial charge on any atom is 0.188 e. The number of hydrogen-bond donors (Lipinski definition) is 0. The average molecular weight is 349 g/mol. The van der Waals surface area contributed by atoms with Crippen LogP contribution in [0.3, 0.4) is 0 Å². The van der Waals surface area contributed by atoms with E-state index < -0.39 is 0 Å². The number of aromatic nitrogens is 4. The third-order valence-corrected chi connectivity index (χ3v) is 4.13. The van der Waals surface area contributed by atoms with Crippen molar-refractivity contribution in [3.05, 3.63) is 52.1 Å². The van der Waals surface area contributed by atoms with E-state index in [1.54, 1.807) is 11.8 Å². The molecule has 20 heavy (non-hydrogen) atoms. The molecule has 0 aliphatic heterocycles. The van der Waals surface area contributed by atoms with Crippen LogP contribution in [0.15, 0.2) is 40.2 Å². The number of rotatable bonds is 3. The number of thioether (sulfide) groups is 1. The molecule has 0 unspecified atom stereocenters. The van der Waals surface area contributed by atoms with Gasteiger partial charge in [0.25, 0.3) is 0 Å². The molecule has 0 amide bonds. The molecule has 0 spiro atoms. The zero-order chi connectivity index (χ0) is 14.1. The fraction of sp³-hybridized carbons (Fsp3) is 0.214. The van der Waals surface area contributed by atoms with E-state index >= 15 is 0 Å². The minimum Gasteiger partial charge on any atom is -0.306 e. The smallest absolute Gasteiger partial charge is 0.188 e. The van der Waals surface area contributed by atoms with Crippen molar-refractivity contribution in [2.45, 2.75) is 24.8 Å². The zero-order valence-electron chi connectivity index (χ0n) is 11.2. The van der Waals surface area contributed by atoms with Crippen molar-refractivity contribution in [3.63, 3.8) is 0 Å². The molecule has 3 aromatic rings. The molecule has 3 rings (SSSR count). The summed E-state index contributed by atoms with van der Waals surface area (Å²) in [4.78, 5) is 13.4. The minimum atomic E-state index is 0.766. The van der Waals surface area contributed by atoms with Crippen LogP contribution < -0.4 is 0 Å². The van der Waals surface area contributed by atoms with Gasteiger partial charge in [0.2, 0.25) is 0 Å². The van der Waals surface area contributed by atoms with Gasteiger partial charge >= 0.3 is 0 Å². The highest BCUT2D eigenvalue weighted by Gasteiger charge is 2.05. The molecule has 0 aliphatic carbocycles. The number of aryl methyl sites for hydroxylation is 2. The largest absolute Gasteiger partial charge is 0.306 e. The summed E-state index contributed by atoms with van der Waals surface area (Å²) in [7, 11) is 0. The summed E-state index contributed by atoms with van der Waals surface area (Å²) in [5.41, 5.74) is 3.97. The fourth-order valence-corrected chi connectivity index (χ4v) is 3.17. The maximum absolute atomic E-state index is 4.58. The lowest BCUT2D eigenvalue weighted by molar-refractivity contribution is 0.901. The van der Waals surface area contributed by atoms with Gasteiger partial charge in [0.15, 0.2) is 5.16 Å². The Balaban J connectivity index is 1.79. The SMILES string of the molecule is Cc1cc(C)nc(SCc2cn3cc(Br)ccc3n2)n1. The molecule has 102 valence electrons. The number of fused-ring (bicyclic) bond motifs is 1. The van der Waals surface area contributed by atoms with Crippen molar-refractivity contribution in [1.29, 1.82) is 0 Å². The molecule has 0 aliphatic rings. The Bertz CT molecular complexity index is 749. The van der Waals surface area contributed by atoms with Crippen molar-refractivity contribution in [1.82, 2.24) is 19.4 Å². The molecule has 3 aromatic heterocycles. The molecule has 6 heteroatoms. The molecule has 0 saturated heterocycles. The number of nitrogens with zero attached hydrogens (tertiary/aromatic N) is 4. The van der Waals surface area contributed by atoms with Gasteiger partial charge in [-0.3, -0.25) is 0 Å². The van der Waals surface area contributed by atoms with Gasteiger partial charge in [-0.1, -0.05) is 11.8 Å². The third-order valence-electron chi connectivity index (χ3n) is 2.78. The van der Waals surface area contributed by atoms with E-state index in [1.165, 1.54) is 0 Å². The van der Waals surface area contributed by atoms with Crippen LogP contribution >= 0.6 is 27.7 Å². The summed E-state index contributed by atoms with van der Waals surface area (Å²) in [6, 6.07) is 5.96. The molecule has 0 saturated carbocycles. The Kier molecular flexibility index (Phi) is 3.76. The highest BCUT2D eigenvalue weighted by molar-refractivity contribution is 9.10. The molecular formula is C14H13BrN4S. The number of halogens is 1. The molecule has 0 fully saturated rings. The van der Waals surface area contributed by atoms with E-state index in [4.69, 9.17) is 0 Å². The third kappa shape index (κ3) is 3.02. The van der Waals surface area contributed by atoms with E-state index in [-0.39, 0.29) is 0 Å². The second-order valence-electron chi connectivity index (χ2n) is 4.57. The first-order chi connectivity index (χ1) is 9.60. The predicted octanol–water partition coefficient (Wildman–Crippen LogP) is 3.80. The van der Waals surface area contributed by atoms with E-state index in [9.17, 15) is 0 Å². The molecule has 4 nitrogen and oxygen atoms in total. The minimum absolute atomic E-state index is 0.766. The first-order valence-electron chi connectivity index (χ1n) is 6.18. The van der Waals surface area contributed by atoms with E-state index in [0.29, 0.717) is 0 Å². The van der Waals surface area contributed by atoms with Crippen LogP contribution in [0.25, 0.3) is 5.65 Å². The van der Waals surface area contributed by atoms with Crippen molar-refractivity contribution in [2.24, 2.45) is 0 Å². The Morgan fingerprint density at radius 3 is 2.60 bits per heavy atom. The number of imidazole rings is 1. The van der Waals surface area contributed by atoms with E-state index in [1.807, 2.05) is 48.8 Å². The summed E-state index contributed by atoms with van der Waals surface area (Å²) in [6.07, 6.45) is 4.04. The molecule has 3 heterocycles. The average Bonchev–Trinajstić information content (AvgIpc) is 2.77. The molecular weight excluding hydrogens is 336 g/mol. The number of pyridine rings is 1. The van der Waals surface area contributed by atoms with Crippen LogP contribution in [0, 0.1) is 13.8 Å². The second kappa shape index (κ2) is 5.54. The molecule has 0 aromatic carbocycles. The van der Waals surface area contributed by atoms with Crippen LogP contribution in [0.1, 0.15) is 17.1 Å². The van der Waals surface area contributed by atoms with Crippen LogP contribution in [-0.2, 0) is 5.75 Å². The monoisotopic (exact) mass is 348 g/mol. The lowest BCUT2D eigenvalue weighted by atomic mass is 10.4. The first kappa shape index (κ1) is 13.6. The summed E-state index contributed by atoms with van der Waals surface area (Å²) in [5.74, 6) is 0.766. The van der Waals surface area contributed by atoms with Crippen LogP contribution in [0.2, 0.25) is 0 Å². The van der Waals surface area contributed by atoms with Gasteiger partial charge in [0.05, 0.1) is 5.69 Å². The van der Waals surface area contributed by atoms with E-state index in [2.05, 4.69) is 30.9 Å². The van der Waals surface area contributed by atoms with Gasteiger partial charge in [-0.05, 0) is 48.0 Å². The summed E-state index contributed by atoms with van der Waals surface area (Å²) in [5, 5.41) is 0.806. The lowest BCUT2D eigenvalue weighted by Crippen LogP contribution is -1.93. The quantitative estimate of drug-likeness (QED) is 0.533. The normalized spacial score (nSPS) is 11.2. The fourth-order valence-electron chi connectivity index (χ4n) is 1.98. The lowest BCUT2D eigenvalue weighted by Gasteiger charge is -2.01. The summed E-state index contributed by atoms with van der Waals surface area (Å²) in [6.45, 7) is 3.97. The topological polar surface area (TPSA) is 43.1 Å². The van der Waals surface area contributed by atoms with Gasteiger partial charge in [-0.25, -0.2) is 15.0 Å². The zero-order valence-corrected chi connectivity index (χ0v) is 13.6. The molecule has 0 radical (unpaired) electrons. The van der Waals surface area contributed by atoms with Crippen molar-refractivity contribution < 1.29 is 0 Å². The Hall–Kier alpha value is -1.40. The molecule has 0 atom stereocenters. The summed E-state index contributed by atoms with van der Waals surface area (Å²) < 4.78 is 3.06. The van der Waals surface area contributed by atoms with Crippen LogP contribution in [0.4, 0.5) is 0 Å². The summed E-state index contributed by atoms with van der Waals surface area (Å²) >= 11 is 5.07. The highest BCUT2D eigenvalue weighted by Crippen LogP contribution is 2.20. The van der Waals surface area contributed by atoms with Crippen molar-refractivity contribution >= 4 is 33.3 Å². The van der Waals surface area contributed by atoms with Gasteiger partial charge in [-0.2, -0.15) is 0 Å². The van der Waals surface area contributed by atoms with Gasteiger partial charge in [-0.15, -0.1) is 0 Å². The first-order valence-corrected chi connectivity index (χ1v) is 7.96. The Morgan fingerprint density at radius 1 is 1.10 bits per heavy atom. The van der Waals surface area contributed by atoms with Crippen LogP contribution in [0.5, 0.6) is 0 Å². The molecule has 0 bridgehead atoms. The standard InChI is InChI=1S/C14H13BrN4S/c1-9-5-10(2)17-14(16-9)20-8-12-7-19-6-11(15)3-4-13(19)18-12/h3-7H,8H2,1-2H3. The van der Waals surface area contributed by atoms with Crippen LogP contribution in [-0.4, -0.2) is 19.4 Å². The maximum atomic E-state index is 4.58. The van der Waals surface area contributed by atoms with Crippen molar-refractivity contribution in [2.75, 3.05) is 0 Å². The van der Waals surface area contributed by atoms with Gasteiger partial charge in [0.1, 0.15) is 5.65 Å². The Morgan fingerprint density at radius 2 is 1.85 bits per heavy atom. The van der Waals surface area contributed by atoms with Crippen molar-refractivity contribution in [3.8, 4) is 0 Å². The van der Waals surface area contributed by atoms with Gasteiger partial charge < -0.3 is 4.40 Å². The number of hydrogen-bond acceptors (Lipinski definition) is 4. The second-order valence-corrected chi connectivity index (χ2v) is 6.43. The predicted molar refractivity (Wildman–Crippen MR) is 84.0 cm³/mol. The van der Waals surface area contributed by atoms with Gasteiger partial charge in [0, 0.05) is 34.0 Å². The highest BCUT2D eigenvalue weighted by atomic mass is 79.9. The molecule has 0 N–H and O–H groups in total. The Labute approximate surface area is 129 Å². The van der Waals surface area contributed by atoms with E-state index in [0.717, 1.165) is 38.1 Å².